The van der Waals surface area contributed by atoms with Crippen molar-refractivity contribution >= 4 is 27.6 Å². The van der Waals surface area contributed by atoms with Gasteiger partial charge in [0.15, 0.2) is 11.5 Å². The topological polar surface area (TPSA) is 84.6 Å². The van der Waals surface area contributed by atoms with Gasteiger partial charge in [0.05, 0.1) is 23.1 Å². The van der Waals surface area contributed by atoms with Gasteiger partial charge in [-0.3, -0.25) is 0 Å². The van der Waals surface area contributed by atoms with Crippen LogP contribution in [0.25, 0.3) is 50.4 Å². The molecular formula is C22H15N7. The summed E-state index contributed by atoms with van der Waals surface area (Å²) in [6.07, 6.45) is 5.55. The first kappa shape index (κ1) is 15.9. The third-order valence-corrected chi connectivity index (χ3v) is 5.07. The maximum atomic E-state index is 4.71. The number of H-pyrrole nitrogens is 1. The Hall–Kier alpha value is -4.13. The molecule has 7 nitrogen and oxygen atoms in total. The zero-order valence-corrected chi connectivity index (χ0v) is 15.5. The second-order valence-corrected chi connectivity index (χ2v) is 6.94. The Balaban J connectivity index is 1.46. The van der Waals surface area contributed by atoms with Gasteiger partial charge in [0, 0.05) is 28.7 Å². The molecule has 0 radical (unpaired) electrons. The van der Waals surface area contributed by atoms with Gasteiger partial charge in [0.1, 0.15) is 11.3 Å². The van der Waals surface area contributed by atoms with Crippen molar-refractivity contribution < 1.29 is 0 Å². The summed E-state index contributed by atoms with van der Waals surface area (Å²) in [6.45, 7) is 1.98. The van der Waals surface area contributed by atoms with E-state index in [1.807, 2.05) is 78.6 Å². The molecule has 0 atom stereocenters. The van der Waals surface area contributed by atoms with Gasteiger partial charge in [-0.1, -0.05) is 24.3 Å². The maximum Gasteiger partial charge on any atom is 0.180 e. The molecule has 1 N–H and O–H groups in total. The van der Waals surface area contributed by atoms with Crippen molar-refractivity contribution in [2.24, 2.45) is 0 Å². The Bertz CT molecular complexity index is 1530. The van der Waals surface area contributed by atoms with Crippen LogP contribution in [-0.4, -0.2) is 34.5 Å². The lowest BCUT2D eigenvalue weighted by Crippen LogP contribution is -1.96. The van der Waals surface area contributed by atoms with Crippen molar-refractivity contribution in [3.05, 3.63) is 72.8 Å². The number of imidazole rings is 1. The van der Waals surface area contributed by atoms with Gasteiger partial charge in [-0.2, -0.15) is 5.10 Å². The van der Waals surface area contributed by atoms with Gasteiger partial charge in [0.2, 0.25) is 0 Å². The van der Waals surface area contributed by atoms with Crippen LogP contribution < -0.4 is 0 Å². The Morgan fingerprint density at radius 3 is 2.72 bits per heavy atom. The predicted molar refractivity (Wildman–Crippen MR) is 111 cm³/mol. The minimum absolute atomic E-state index is 0.588. The Kier molecular flexibility index (Phi) is 3.25. The lowest BCUT2D eigenvalue weighted by Gasteiger charge is -2.03. The highest BCUT2D eigenvalue weighted by molar-refractivity contribution is 5.92. The van der Waals surface area contributed by atoms with Crippen LogP contribution in [0.5, 0.6) is 0 Å². The van der Waals surface area contributed by atoms with Gasteiger partial charge in [-0.25, -0.2) is 24.5 Å². The zero-order chi connectivity index (χ0) is 19.4. The van der Waals surface area contributed by atoms with Gasteiger partial charge >= 0.3 is 0 Å². The first-order valence-electron chi connectivity index (χ1n) is 9.28. The first-order valence-corrected chi connectivity index (χ1v) is 9.28. The molecule has 5 heterocycles. The number of nitrogens with one attached hydrogen (secondary N) is 1. The number of para-hydroxylation sites is 1. The molecule has 6 aromatic rings. The van der Waals surface area contributed by atoms with Gasteiger partial charge in [-0.05, 0) is 31.2 Å². The normalized spacial score (nSPS) is 11.6. The molecule has 0 aliphatic carbocycles. The van der Waals surface area contributed by atoms with Crippen LogP contribution in [0.2, 0.25) is 0 Å². The summed E-state index contributed by atoms with van der Waals surface area (Å²) in [5, 5.41) is 6.72. The summed E-state index contributed by atoms with van der Waals surface area (Å²) >= 11 is 0. The molecule has 0 spiro atoms. The number of hydrogen-bond acceptors (Lipinski definition) is 5. The predicted octanol–water partition coefficient (Wildman–Crippen LogP) is 4.19. The van der Waals surface area contributed by atoms with E-state index in [1.165, 1.54) is 0 Å². The summed E-state index contributed by atoms with van der Waals surface area (Å²) in [4.78, 5) is 21.5. The number of aromatic nitrogens is 7. The van der Waals surface area contributed by atoms with E-state index in [1.54, 1.807) is 0 Å². The van der Waals surface area contributed by atoms with Crippen molar-refractivity contribution in [2.75, 3.05) is 0 Å². The molecule has 7 heteroatoms. The van der Waals surface area contributed by atoms with Gasteiger partial charge in [0.25, 0.3) is 0 Å². The van der Waals surface area contributed by atoms with Crippen molar-refractivity contribution in [3.63, 3.8) is 0 Å². The Morgan fingerprint density at radius 2 is 1.76 bits per heavy atom. The first-order chi connectivity index (χ1) is 14.3. The van der Waals surface area contributed by atoms with Crippen LogP contribution in [0.15, 0.2) is 67.1 Å². The average molecular weight is 377 g/mol. The van der Waals surface area contributed by atoms with Crippen LogP contribution in [0.1, 0.15) is 5.69 Å². The number of rotatable bonds is 2. The van der Waals surface area contributed by atoms with E-state index >= 15 is 0 Å². The van der Waals surface area contributed by atoms with Crippen molar-refractivity contribution in [3.8, 4) is 22.8 Å². The summed E-state index contributed by atoms with van der Waals surface area (Å²) in [5.41, 5.74) is 6.03. The van der Waals surface area contributed by atoms with Crippen LogP contribution in [0, 0.1) is 6.92 Å². The fourth-order valence-corrected chi connectivity index (χ4v) is 3.56. The summed E-state index contributed by atoms with van der Waals surface area (Å²) in [6, 6.07) is 15.9. The second kappa shape index (κ2) is 5.93. The molecule has 6 rings (SSSR count). The van der Waals surface area contributed by atoms with Crippen molar-refractivity contribution in [1.29, 1.82) is 0 Å². The number of nitrogens with zero attached hydrogens (tertiary/aromatic N) is 6. The monoisotopic (exact) mass is 377 g/mol. The summed E-state index contributed by atoms with van der Waals surface area (Å²) < 4.78 is 1.84. The average Bonchev–Trinajstić information content (AvgIpc) is 3.36. The minimum Gasteiger partial charge on any atom is -0.345 e. The third-order valence-electron chi connectivity index (χ3n) is 5.07. The number of hydrogen-bond donors (Lipinski definition) is 1. The molecule has 138 valence electrons. The maximum absolute atomic E-state index is 4.71. The molecule has 0 aliphatic heterocycles. The van der Waals surface area contributed by atoms with E-state index in [-0.39, 0.29) is 0 Å². The standard InChI is InChI=1S/C22H15N7/c1-13-10-23-20-9-8-18(28-29(13)20)15-11-24-21-16(15)12-25-22(27-21)19-7-6-14-4-2-3-5-17(14)26-19/h2-12H,1H3,(H,24,25,27). The molecule has 0 unspecified atom stereocenters. The van der Waals surface area contributed by atoms with Crippen molar-refractivity contribution in [2.45, 2.75) is 6.92 Å². The lowest BCUT2D eigenvalue weighted by atomic mass is 10.1. The van der Waals surface area contributed by atoms with Crippen molar-refractivity contribution in [1.82, 2.24) is 34.5 Å². The highest BCUT2D eigenvalue weighted by atomic mass is 15.3. The Morgan fingerprint density at radius 1 is 0.862 bits per heavy atom. The fraction of sp³-hybridized carbons (Fsp3) is 0.0455. The SMILES string of the molecule is Cc1cnc2ccc(-c3c[nH]c4nc(-c5ccc6ccccc6n5)ncc34)nn12. The molecule has 0 saturated carbocycles. The summed E-state index contributed by atoms with van der Waals surface area (Å²) in [7, 11) is 0. The number of pyridine rings is 1. The number of benzene rings is 1. The van der Waals surface area contributed by atoms with E-state index < -0.39 is 0 Å². The largest absolute Gasteiger partial charge is 0.345 e. The van der Waals surface area contributed by atoms with E-state index in [0.29, 0.717) is 5.82 Å². The van der Waals surface area contributed by atoms with Gasteiger partial charge in [-0.15, -0.1) is 0 Å². The Labute approximate surface area is 165 Å². The number of aromatic amines is 1. The second-order valence-electron chi connectivity index (χ2n) is 6.94. The minimum atomic E-state index is 0.588. The number of aryl methyl sites for hydroxylation is 1. The van der Waals surface area contributed by atoms with E-state index in [9.17, 15) is 0 Å². The molecule has 29 heavy (non-hydrogen) atoms. The molecule has 0 aliphatic rings. The molecule has 5 aromatic heterocycles. The summed E-state index contributed by atoms with van der Waals surface area (Å²) in [5.74, 6) is 0.588. The van der Waals surface area contributed by atoms with E-state index in [2.05, 4.69) is 15.0 Å². The molecule has 1 aromatic carbocycles. The van der Waals surface area contributed by atoms with E-state index in [0.717, 1.165) is 50.2 Å². The zero-order valence-electron chi connectivity index (χ0n) is 15.5. The van der Waals surface area contributed by atoms with Crippen LogP contribution in [0.4, 0.5) is 0 Å². The molecular weight excluding hydrogens is 362 g/mol. The lowest BCUT2D eigenvalue weighted by molar-refractivity contribution is 0.906. The van der Waals surface area contributed by atoms with E-state index in [4.69, 9.17) is 15.1 Å². The smallest absolute Gasteiger partial charge is 0.180 e. The fourth-order valence-electron chi connectivity index (χ4n) is 3.56. The molecule has 0 fully saturated rings. The van der Waals surface area contributed by atoms with Crippen LogP contribution in [-0.2, 0) is 0 Å². The number of fused-ring (bicyclic) bond motifs is 3. The highest BCUT2D eigenvalue weighted by Gasteiger charge is 2.13. The highest BCUT2D eigenvalue weighted by Crippen LogP contribution is 2.27. The molecule has 0 bridgehead atoms. The quantitative estimate of drug-likeness (QED) is 0.489. The molecule has 0 saturated heterocycles. The third kappa shape index (κ3) is 2.48. The van der Waals surface area contributed by atoms with Crippen LogP contribution >= 0.6 is 0 Å². The van der Waals surface area contributed by atoms with Crippen LogP contribution in [0.3, 0.4) is 0 Å². The van der Waals surface area contributed by atoms with Gasteiger partial charge < -0.3 is 4.98 Å². The molecule has 0 amide bonds.